The molecule has 0 bridgehead atoms. The Hall–Kier alpha value is -0.910. The number of ether oxygens (including phenoxy) is 2. The fourth-order valence-corrected chi connectivity index (χ4v) is 1.69. The van der Waals surface area contributed by atoms with E-state index in [4.69, 9.17) is 9.47 Å². The van der Waals surface area contributed by atoms with Crippen molar-refractivity contribution in [1.82, 2.24) is 9.78 Å². The lowest BCUT2D eigenvalue weighted by Gasteiger charge is -2.30. The van der Waals surface area contributed by atoms with Gasteiger partial charge >= 0.3 is 0 Å². The van der Waals surface area contributed by atoms with E-state index in [1.807, 2.05) is 6.92 Å². The number of methoxy groups -OCH3 is 2. The first kappa shape index (κ1) is 12.2. The van der Waals surface area contributed by atoms with E-state index in [0.29, 0.717) is 12.2 Å². The smallest absolute Gasteiger partial charge is 0.191 e. The normalized spacial score (nSPS) is 15.6. The Morgan fingerprint density at radius 2 is 2.13 bits per heavy atom. The molecule has 0 aliphatic carbocycles. The molecule has 1 rings (SSSR count). The predicted octanol–water partition coefficient (Wildman–Crippen LogP) is 0.729. The van der Waals surface area contributed by atoms with Crippen LogP contribution in [0, 0.1) is 0 Å². The molecule has 5 nitrogen and oxygen atoms in total. The Labute approximate surface area is 89.6 Å². The van der Waals surface area contributed by atoms with Crippen molar-refractivity contribution in [1.29, 1.82) is 0 Å². The molecule has 1 aromatic rings. The lowest BCUT2D eigenvalue weighted by Crippen LogP contribution is -2.41. The van der Waals surface area contributed by atoms with Crippen molar-refractivity contribution in [3.63, 3.8) is 0 Å². The van der Waals surface area contributed by atoms with Crippen LogP contribution in [-0.4, -0.2) is 35.4 Å². The molecule has 1 aromatic heterocycles. The van der Waals surface area contributed by atoms with E-state index in [1.165, 1.54) is 14.2 Å². The summed E-state index contributed by atoms with van der Waals surface area (Å²) in [5.41, 5.74) is -0.533. The highest BCUT2D eigenvalue weighted by Gasteiger charge is 2.37. The third-order valence-corrected chi connectivity index (χ3v) is 2.42. The highest BCUT2D eigenvalue weighted by Crippen LogP contribution is 2.26. The topological polar surface area (TPSA) is 56.5 Å². The Kier molecular flexibility index (Phi) is 3.84. The van der Waals surface area contributed by atoms with Crippen molar-refractivity contribution < 1.29 is 14.6 Å². The zero-order valence-corrected chi connectivity index (χ0v) is 9.60. The van der Waals surface area contributed by atoms with Gasteiger partial charge in [-0.2, -0.15) is 5.10 Å². The second-order valence-corrected chi connectivity index (χ2v) is 3.48. The average Bonchev–Trinajstić information content (AvgIpc) is 2.67. The van der Waals surface area contributed by atoms with Gasteiger partial charge in [0.2, 0.25) is 0 Å². The van der Waals surface area contributed by atoms with E-state index in [0.717, 1.165) is 0 Å². The number of hydrogen-bond acceptors (Lipinski definition) is 4. The summed E-state index contributed by atoms with van der Waals surface area (Å²) in [5.74, 6) is 0. The summed E-state index contributed by atoms with van der Waals surface area (Å²) < 4.78 is 11.9. The molecule has 0 spiro atoms. The number of hydrogen-bond donors (Lipinski definition) is 1. The summed E-state index contributed by atoms with van der Waals surface area (Å²) in [5, 5.41) is 14.4. The van der Waals surface area contributed by atoms with Crippen molar-refractivity contribution in [2.45, 2.75) is 32.3 Å². The minimum Gasteiger partial charge on any atom is -0.378 e. The molecule has 0 radical (unpaired) electrons. The number of aromatic nitrogens is 2. The third kappa shape index (κ3) is 2.19. The molecule has 1 atom stereocenters. The van der Waals surface area contributed by atoms with Gasteiger partial charge in [-0.25, -0.2) is 0 Å². The van der Waals surface area contributed by atoms with Crippen molar-refractivity contribution >= 4 is 0 Å². The molecule has 0 aliphatic heterocycles. The molecule has 1 unspecified atom stereocenters. The summed E-state index contributed by atoms with van der Waals surface area (Å²) in [7, 11) is 2.99. The number of aryl methyl sites for hydroxylation is 1. The van der Waals surface area contributed by atoms with Gasteiger partial charge in [0.05, 0.1) is 5.69 Å². The monoisotopic (exact) mass is 214 g/mol. The van der Waals surface area contributed by atoms with Crippen LogP contribution < -0.4 is 0 Å². The van der Waals surface area contributed by atoms with Crippen LogP contribution >= 0.6 is 0 Å². The zero-order chi connectivity index (χ0) is 11.5. The highest BCUT2D eigenvalue weighted by molar-refractivity contribution is 5.11. The van der Waals surface area contributed by atoms with E-state index in [1.54, 1.807) is 23.9 Å². The van der Waals surface area contributed by atoms with Crippen LogP contribution in [0.3, 0.4) is 0 Å². The Morgan fingerprint density at radius 1 is 1.53 bits per heavy atom. The van der Waals surface area contributed by atoms with Crippen LogP contribution in [0.1, 0.15) is 19.5 Å². The van der Waals surface area contributed by atoms with Crippen LogP contribution in [0.2, 0.25) is 0 Å². The zero-order valence-electron chi connectivity index (χ0n) is 9.60. The van der Waals surface area contributed by atoms with Crippen LogP contribution in [0.5, 0.6) is 0 Å². The Bertz CT molecular complexity index is 305. The van der Waals surface area contributed by atoms with Crippen molar-refractivity contribution in [3.8, 4) is 0 Å². The van der Waals surface area contributed by atoms with Gasteiger partial charge in [0.25, 0.3) is 0 Å². The molecule has 0 aliphatic rings. The molecular weight excluding hydrogens is 196 g/mol. The van der Waals surface area contributed by atoms with Crippen molar-refractivity contribution in [2.75, 3.05) is 14.2 Å². The van der Waals surface area contributed by atoms with Gasteiger partial charge in [0.1, 0.15) is 0 Å². The summed E-state index contributed by atoms with van der Waals surface area (Å²) in [6, 6.07) is 1.76. The molecule has 1 N–H and O–H groups in total. The molecule has 0 saturated carbocycles. The lowest BCUT2D eigenvalue weighted by molar-refractivity contribution is -0.215. The minimum absolute atomic E-state index is 0.679. The van der Waals surface area contributed by atoms with Crippen molar-refractivity contribution in [3.05, 3.63) is 18.0 Å². The van der Waals surface area contributed by atoms with E-state index in [-0.39, 0.29) is 0 Å². The predicted molar refractivity (Wildman–Crippen MR) is 55.3 cm³/mol. The quantitative estimate of drug-likeness (QED) is 0.734. The maximum absolute atomic E-state index is 10.3. The van der Waals surface area contributed by atoms with Gasteiger partial charge in [0, 0.05) is 27.0 Å². The van der Waals surface area contributed by atoms with E-state index >= 15 is 0 Å². The number of rotatable bonds is 5. The SMILES string of the molecule is CCn1nccc1C(C)(O)C(OC)OC. The van der Waals surface area contributed by atoms with Gasteiger partial charge in [-0.05, 0) is 19.9 Å². The number of aliphatic hydroxyl groups is 1. The largest absolute Gasteiger partial charge is 0.378 e. The molecule has 0 amide bonds. The van der Waals surface area contributed by atoms with Gasteiger partial charge < -0.3 is 14.6 Å². The van der Waals surface area contributed by atoms with Gasteiger partial charge in [0.15, 0.2) is 11.9 Å². The Morgan fingerprint density at radius 3 is 2.60 bits per heavy atom. The van der Waals surface area contributed by atoms with Gasteiger partial charge in [-0.15, -0.1) is 0 Å². The first-order valence-electron chi connectivity index (χ1n) is 4.88. The van der Waals surface area contributed by atoms with Crippen LogP contribution in [-0.2, 0) is 21.6 Å². The third-order valence-electron chi connectivity index (χ3n) is 2.42. The second kappa shape index (κ2) is 4.74. The summed E-state index contributed by atoms with van der Waals surface area (Å²) in [6.45, 7) is 4.30. The molecule has 86 valence electrons. The van der Waals surface area contributed by atoms with Gasteiger partial charge in [-0.1, -0.05) is 0 Å². The van der Waals surface area contributed by atoms with E-state index in [2.05, 4.69) is 5.10 Å². The summed E-state index contributed by atoms with van der Waals surface area (Å²) in [4.78, 5) is 0. The maximum atomic E-state index is 10.3. The summed E-state index contributed by atoms with van der Waals surface area (Å²) >= 11 is 0. The maximum Gasteiger partial charge on any atom is 0.191 e. The van der Waals surface area contributed by atoms with E-state index in [9.17, 15) is 5.11 Å². The van der Waals surface area contributed by atoms with Crippen LogP contribution in [0.15, 0.2) is 12.3 Å². The van der Waals surface area contributed by atoms with Crippen LogP contribution in [0.4, 0.5) is 0 Å². The molecule has 0 fully saturated rings. The highest BCUT2D eigenvalue weighted by atomic mass is 16.7. The lowest BCUT2D eigenvalue weighted by atomic mass is 10.0. The second-order valence-electron chi connectivity index (χ2n) is 3.48. The Balaban J connectivity index is 3.03. The summed E-state index contributed by atoms with van der Waals surface area (Å²) in [6.07, 6.45) is 0.940. The molecule has 5 heteroatoms. The molecule has 1 heterocycles. The fraction of sp³-hybridized carbons (Fsp3) is 0.700. The number of nitrogens with zero attached hydrogens (tertiary/aromatic N) is 2. The minimum atomic E-state index is -1.21. The standard InChI is InChI=1S/C10H18N2O3/c1-5-12-8(6-7-11-12)10(2,13)9(14-3)15-4/h6-7,9,13H,5H2,1-4H3. The van der Waals surface area contributed by atoms with Crippen molar-refractivity contribution in [2.24, 2.45) is 0 Å². The first-order chi connectivity index (χ1) is 7.07. The van der Waals surface area contributed by atoms with Gasteiger partial charge in [-0.3, -0.25) is 4.68 Å². The molecule has 0 saturated heterocycles. The van der Waals surface area contributed by atoms with E-state index < -0.39 is 11.9 Å². The van der Waals surface area contributed by atoms with Crippen LogP contribution in [0.25, 0.3) is 0 Å². The average molecular weight is 214 g/mol. The molecular formula is C10H18N2O3. The first-order valence-corrected chi connectivity index (χ1v) is 4.88. The molecule has 0 aromatic carbocycles. The molecule has 15 heavy (non-hydrogen) atoms. The fourth-order valence-electron chi connectivity index (χ4n) is 1.69.